The Kier molecular flexibility index (Phi) is 2.65. The van der Waals surface area contributed by atoms with Crippen LogP contribution in [0, 0.1) is 0 Å². The lowest BCUT2D eigenvalue weighted by Crippen LogP contribution is -2.10. The van der Waals surface area contributed by atoms with Crippen LogP contribution in [-0.4, -0.2) is 12.0 Å². The van der Waals surface area contributed by atoms with E-state index in [9.17, 15) is 0 Å². The van der Waals surface area contributed by atoms with Gasteiger partial charge < -0.3 is 9.73 Å². The number of hydrogen-bond acceptors (Lipinski definition) is 4. The highest BCUT2D eigenvalue weighted by Crippen LogP contribution is 2.28. The van der Waals surface area contributed by atoms with E-state index in [2.05, 4.69) is 17.2 Å². The molecule has 2 aromatic heterocycles. The minimum absolute atomic E-state index is 0.344. The molecule has 0 spiro atoms. The molecule has 0 amide bonds. The minimum Gasteiger partial charge on any atom is -0.462 e. The van der Waals surface area contributed by atoms with E-state index in [4.69, 9.17) is 4.42 Å². The zero-order chi connectivity index (χ0) is 9.97. The summed E-state index contributed by atoms with van der Waals surface area (Å²) in [6.07, 6.45) is 3.56. The highest BCUT2D eigenvalue weighted by atomic mass is 32.1. The predicted molar refractivity (Wildman–Crippen MR) is 57.3 cm³/mol. The molecule has 2 aromatic rings. The average molecular weight is 208 g/mol. The standard InChI is InChI=1S/C10H12N2OS/c1-7(11-2)9-6-12-10(14-9)8-4-3-5-13-8/h3-7,11H,1-2H3. The van der Waals surface area contributed by atoms with Crippen LogP contribution in [0.4, 0.5) is 0 Å². The summed E-state index contributed by atoms with van der Waals surface area (Å²) in [7, 11) is 1.94. The first-order valence-electron chi connectivity index (χ1n) is 4.48. The van der Waals surface area contributed by atoms with E-state index in [-0.39, 0.29) is 0 Å². The summed E-state index contributed by atoms with van der Waals surface area (Å²) in [4.78, 5) is 5.53. The molecule has 0 aliphatic rings. The molecule has 0 aliphatic heterocycles. The number of rotatable bonds is 3. The molecular weight excluding hydrogens is 196 g/mol. The topological polar surface area (TPSA) is 38.1 Å². The van der Waals surface area contributed by atoms with Gasteiger partial charge in [0.05, 0.1) is 6.26 Å². The van der Waals surface area contributed by atoms with Gasteiger partial charge >= 0.3 is 0 Å². The van der Waals surface area contributed by atoms with Gasteiger partial charge in [-0.2, -0.15) is 0 Å². The molecule has 0 radical (unpaired) electrons. The third-order valence-corrected chi connectivity index (χ3v) is 3.31. The van der Waals surface area contributed by atoms with E-state index in [1.54, 1.807) is 17.6 Å². The number of hydrogen-bond donors (Lipinski definition) is 1. The second kappa shape index (κ2) is 3.94. The Bertz CT molecular complexity index is 394. The Morgan fingerprint density at radius 3 is 3.07 bits per heavy atom. The summed E-state index contributed by atoms with van der Waals surface area (Å²) in [6, 6.07) is 4.14. The molecule has 0 aliphatic carbocycles. The van der Waals surface area contributed by atoms with Crippen molar-refractivity contribution in [3.8, 4) is 10.8 Å². The van der Waals surface area contributed by atoms with Crippen molar-refractivity contribution in [2.45, 2.75) is 13.0 Å². The van der Waals surface area contributed by atoms with Crippen molar-refractivity contribution in [1.29, 1.82) is 0 Å². The molecule has 0 saturated carbocycles. The maximum absolute atomic E-state index is 5.27. The van der Waals surface area contributed by atoms with Crippen molar-refractivity contribution in [1.82, 2.24) is 10.3 Å². The SMILES string of the molecule is CNC(C)c1cnc(-c2ccco2)s1. The lowest BCUT2D eigenvalue weighted by atomic mass is 10.3. The van der Waals surface area contributed by atoms with E-state index in [1.165, 1.54) is 4.88 Å². The van der Waals surface area contributed by atoms with Crippen LogP contribution < -0.4 is 5.32 Å². The van der Waals surface area contributed by atoms with Gasteiger partial charge in [0.2, 0.25) is 0 Å². The number of nitrogens with one attached hydrogen (secondary N) is 1. The van der Waals surface area contributed by atoms with E-state index < -0.39 is 0 Å². The zero-order valence-corrected chi connectivity index (χ0v) is 8.97. The van der Waals surface area contributed by atoms with Gasteiger partial charge in [0, 0.05) is 17.1 Å². The van der Waals surface area contributed by atoms with Gasteiger partial charge in [-0.15, -0.1) is 11.3 Å². The first kappa shape index (κ1) is 9.43. The van der Waals surface area contributed by atoms with Crippen LogP contribution in [-0.2, 0) is 0 Å². The van der Waals surface area contributed by atoms with Crippen molar-refractivity contribution >= 4 is 11.3 Å². The van der Waals surface area contributed by atoms with Gasteiger partial charge in [0.15, 0.2) is 10.8 Å². The van der Waals surface area contributed by atoms with Gasteiger partial charge in [-0.1, -0.05) is 0 Å². The molecule has 4 heteroatoms. The van der Waals surface area contributed by atoms with E-state index >= 15 is 0 Å². The van der Waals surface area contributed by atoms with Crippen molar-refractivity contribution in [3.63, 3.8) is 0 Å². The highest BCUT2D eigenvalue weighted by molar-refractivity contribution is 7.15. The van der Waals surface area contributed by atoms with Gasteiger partial charge in [-0.05, 0) is 26.1 Å². The van der Waals surface area contributed by atoms with Crippen LogP contribution in [0.3, 0.4) is 0 Å². The Morgan fingerprint density at radius 2 is 2.43 bits per heavy atom. The molecule has 0 fully saturated rings. The quantitative estimate of drug-likeness (QED) is 0.842. The summed E-state index contributed by atoms with van der Waals surface area (Å²) < 4.78 is 5.27. The molecule has 0 aromatic carbocycles. The van der Waals surface area contributed by atoms with Crippen molar-refractivity contribution in [2.24, 2.45) is 0 Å². The maximum Gasteiger partial charge on any atom is 0.162 e. The second-order valence-electron chi connectivity index (χ2n) is 3.06. The van der Waals surface area contributed by atoms with Crippen molar-refractivity contribution < 1.29 is 4.42 Å². The van der Waals surface area contributed by atoms with E-state index in [0.717, 1.165) is 10.8 Å². The molecule has 0 bridgehead atoms. The van der Waals surface area contributed by atoms with Crippen LogP contribution in [0.5, 0.6) is 0 Å². The maximum atomic E-state index is 5.27. The zero-order valence-electron chi connectivity index (χ0n) is 8.15. The molecule has 2 rings (SSSR count). The number of thiazole rings is 1. The minimum atomic E-state index is 0.344. The largest absolute Gasteiger partial charge is 0.462 e. The summed E-state index contributed by atoms with van der Waals surface area (Å²) in [5.74, 6) is 0.838. The average Bonchev–Trinajstić information content (AvgIpc) is 2.86. The molecule has 74 valence electrons. The van der Waals surface area contributed by atoms with Gasteiger partial charge in [-0.3, -0.25) is 0 Å². The normalized spacial score (nSPS) is 13.0. The summed E-state index contributed by atoms with van der Waals surface area (Å²) in [5.41, 5.74) is 0. The lowest BCUT2D eigenvalue weighted by molar-refractivity contribution is 0.582. The smallest absolute Gasteiger partial charge is 0.162 e. The van der Waals surface area contributed by atoms with Crippen LogP contribution in [0.15, 0.2) is 29.0 Å². The highest BCUT2D eigenvalue weighted by Gasteiger charge is 2.10. The summed E-state index contributed by atoms with van der Waals surface area (Å²) in [5, 5.41) is 4.12. The van der Waals surface area contributed by atoms with Crippen LogP contribution in [0.1, 0.15) is 17.8 Å². The monoisotopic (exact) mass is 208 g/mol. The fraction of sp³-hybridized carbons (Fsp3) is 0.300. The Labute approximate surface area is 86.8 Å². The van der Waals surface area contributed by atoms with Crippen LogP contribution in [0.25, 0.3) is 10.8 Å². The van der Waals surface area contributed by atoms with Gasteiger partial charge in [0.1, 0.15) is 0 Å². The molecular formula is C10H12N2OS. The molecule has 1 atom stereocenters. The molecule has 14 heavy (non-hydrogen) atoms. The first-order valence-corrected chi connectivity index (χ1v) is 5.30. The fourth-order valence-corrected chi connectivity index (χ4v) is 2.09. The summed E-state index contributed by atoms with van der Waals surface area (Å²) >= 11 is 1.66. The van der Waals surface area contributed by atoms with E-state index in [0.29, 0.717) is 6.04 Å². The predicted octanol–water partition coefficient (Wildman–Crippen LogP) is 2.68. The number of furan rings is 1. The molecule has 0 saturated heterocycles. The van der Waals surface area contributed by atoms with Gasteiger partial charge in [0.25, 0.3) is 0 Å². The third-order valence-electron chi connectivity index (χ3n) is 2.12. The Hall–Kier alpha value is -1.13. The lowest BCUT2D eigenvalue weighted by Gasteiger charge is -2.04. The molecule has 1 N–H and O–H groups in total. The molecule has 2 heterocycles. The number of aromatic nitrogens is 1. The Morgan fingerprint density at radius 1 is 1.57 bits per heavy atom. The molecule has 3 nitrogen and oxygen atoms in total. The molecule has 1 unspecified atom stereocenters. The van der Waals surface area contributed by atoms with Crippen molar-refractivity contribution in [2.75, 3.05) is 7.05 Å². The first-order chi connectivity index (χ1) is 6.81. The van der Waals surface area contributed by atoms with Gasteiger partial charge in [-0.25, -0.2) is 4.98 Å². The summed E-state index contributed by atoms with van der Waals surface area (Å²) in [6.45, 7) is 2.11. The third kappa shape index (κ3) is 1.71. The van der Waals surface area contributed by atoms with Crippen LogP contribution in [0.2, 0.25) is 0 Å². The number of nitrogens with zero attached hydrogens (tertiary/aromatic N) is 1. The second-order valence-corrected chi connectivity index (χ2v) is 4.12. The fourth-order valence-electron chi connectivity index (χ4n) is 1.14. The van der Waals surface area contributed by atoms with Crippen molar-refractivity contribution in [3.05, 3.63) is 29.5 Å². The van der Waals surface area contributed by atoms with E-state index in [1.807, 2.05) is 25.4 Å². The van der Waals surface area contributed by atoms with Crippen LogP contribution >= 0.6 is 11.3 Å². The Balaban J connectivity index is 2.26.